The summed E-state index contributed by atoms with van der Waals surface area (Å²) in [6, 6.07) is 33.0. The number of aromatic nitrogens is 1. The van der Waals surface area contributed by atoms with Crippen molar-refractivity contribution in [2.45, 2.75) is 51.4 Å². The zero-order chi connectivity index (χ0) is 23.5. The molecule has 0 unspecified atom stereocenters. The Morgan fingerprint density at radius 2 is 1.21 bits per heavy atom. The number of nitrogens with zero attached hydrogens (tertiary/aromatic N) is 1. The highest BCUT2D eigenvalue weighted by Gasteiger charge is 2.36. The molecule has 170 valence electrons. The molecule has 0 spiro atoms. The van der Waals surface area contributed by atoms with Gasteiger partial charge >= 0.3 is 0 Å². The van der Waals surface area contributed by atoms with Crippen LogP contribution in [0.2, 0.25) is 0 Å². The van der Waals surface area contributed by atoms with Gasteiger partial charge in [0.1, 0.15) is 0 Å². The lowest BCUT2D eigenvalue weighted by Crippen LogP contribution is -2.33. The lowest BCUT2D eigenvalue weighted by atomic mass is 9.63. The summed E-state index contributed by atoms with van der Waals surface area (Å²) in [5.74, 6) is 0. The van der Waals surface area contributed by atoms with Crippen LogP contribution in [-0.4, -0.2) is 4.57 Å². The zero-order valence-corrected chi connectivity index (χ0v) is 20.5. The van der Waals surface area contributed by atoms with Crippen LogP contribution in [0.15, 0.2) is 91.0 Å². The van der Waals surface area contributed by atoms with E-state index in [-0.39, 0.29) is 10.8 Å². The maximum absolute atomic E-state index is 3.72. The van der Waals surface area contributed by atoms with Crippen LogP contribution in [0.3, 0.4) is 0 Å². The maximum atomic E-state index is 3.72. The predicted molar refractivity (Wildman–Crippen MR) is 146 cm³/mol. The van der Waals surface area contributed by atoms with E-state index < -0.39 is 0 Å². The van der Waals surface area contributed by atoms with Gasteiger partial charge in [0.2, 0.25) is 0 Å². The topological polar surface area (TPSA) is 17.0 Å². The standard InChI is InChI=1S/C32H32N2/c1-31(2)18-19-32(3,4)28-20-22(15-17-27(28)31)33-23-14-16-26-25-12-8-9-13-29(25)34(30(26)21-23)24-10-6-5-7-11-24/h5-17,20-21,33H,18-19H2,1-4H3. The minimum Gasteiger partial charge on any atom is -0.355 e. The van der Waals surface area contributed by atoms with Gasteiger partial charge in [-0.05, 0) is 77.3 Å². The molecule has 0 bridgehead atoms. The fraction of sp³-hybridized carbons (Fsp3) is 0.250. The number of anilines is 2. The van der Waals surface area contributed by atoms with Crippen molar-refractivity contribution >= 4 is 33.2 Å². The first-order valence-corrected chi connectivity index (χ1v) is 12.3. The number of fused-ring (bicyclic) bond motifs is 4. The summed E-state index contributed by atoms with van der Waals surface area (Å²) >= 11 is 0. The first-order valence-electron chi connectivity index (χ1n) is 12.3. The summed E-state index contributed by atoms with van der Waals surface area (Å²) in [4.78, 5) is 0. The second-order valence-electron chi connectivity index (χ2n) is 11.1. The van der Waals surface area contributed by atoms with Gasteiger partial charge in [-0.15, -0.1) is 0 Å². The first-order chi connectivity index (χ1) is 16.3. The van der Waals surface area contributed by atoms with Crippen LogP contribution < -0.4 is 5.32 Å². The molecule has 1 aliphatic rings. The number of para-hydroxylation sites is 2. The molecule has 1 heterocycles. The highest BCUT2D eigenvalue weighted by molar-refractivity contribution is 6.10. The van der Waals surface area contributed by atoms with Crippen molar-refractivity contribution in [2.24, 2.45) is 0 Å². The van der Waals surface area contributed by atoms with E-state index in [0.29, 0.717) is 0 Å². The van der Waals surface area contributed by atoms with Crippen molar-refractivity contribution in [2.75, 3.05) is 5.32 Å². The third-order valence-electron chi connectivity index (χ3n) is 7.83. The Bertz CT molecular complexity index is 1520. The van der Waals surface area contributed by atoms with Crippen molar-refractivity contribution in [3.63, 3.8) is 0 Å². The predicted octanol–water partition coefficient (Wildman–Crippen LogP) is 8.88. The second kappa shape index (κ2) is 7.50. The van der Waals surface area contributed by atoms with E-state index in [1.54, 1.807) is 0 Å². The van der Waals surface area contributed by atoms with Gasteiger partial charge in [-0.2, -0.15) is 0 Å². The summed E-state index contributed by atoms with van der Waals surface area (Å²) < 4.78 is 2.37. The summed E-state index contributed by atoms with van der Waals surface area (Å²) in [6.45, 7) is 9.53. The highest BCUT2D eigenvalue weighted by atomic mass is 15.0. The molecule has 0 radical (unpaired) electrons. The van der Waals surface area contributed by atoms with Crippen LogP contribution in [0.5, 0.6) is 0 Å². The minimum absolute atomic E-state index is 0.201. The monoisotopic (exact) mass is 444 g/mol. The molecular weight excluding hydrogens is 412 g/mol. The molecule has 0 saturated heterocycles. The van der Waals surface area contributed by atoms with Crippen LogP contribution in [-0.2, 0) is 10.8 Å². The quantitative estimate of drug-likeness (QED) is 0.294. The van der Waals surface area contributed by atoms with Gasteiger partial charge in [-0.3, -0.25) is 0 Å². The molecule has 6 rings (SSSR count). The van der Waals surface area contributed by atoms with E-state index in [9.17, 15) is 0 Å². The maximum Gasteiger partial charge on any atom is 0.0561 e. The third kappa shape index (κ3) is 3.32. The van der Waals surface area contributed by atoms with Gasteiger partial charge in [0.15, 0.2) is 0 Å². The third-order valence-corrected chi connectivity index (χ3v) is 7.83. The molecule has 2 heteroatoms. The van der Waals surface area contributed by atoms with E-state index in [0.717, 1.165) is 11.4 Å². The summed E-state index contributed by atoms with van der Waals surface area (Å²) in [5, 5.41) is 6.28. The molecule has 0 amide bonds. The smallest absolute Gasteiger partial charge is 0.0561 e. The molecule has 1 N–H and O–H groups in total. The highest BCUT2D eigenvalue weighted by Crippen LogP contribution is 2.46. The van der Waals surface area contributed by atoms with Crippen LogP contribution in [0.4, 0.5) is 11.4 Å². The number of nitrogens with one attached hydrogen (secondary N) is 1. The molecule has 0 saturated carbocycles. The Morgan fingerprint density at radius 1 is 0.588 bits per heavy atom. The van der Waals surface area contributed by atoms with E-state index >= 15 is 0 Å². The van der Waals surface area contributed by atoms with Crippen LogP contribution in [0, 0.1) is 0 Å². The van der Waals surface area contributed by atoms with Gasteiger partial charge in [0, 0.05) is 27.8 Å². The normalized spacial score (nSPS) is 16.5. The summed E-state index contributed by atoms with van der Waals surface area (Å²) in [6.07, 6.45) is 2.46. The second-order valence-corrected chi connectivity index (χ2v) is 11.1. The van der Waals surface area contributed by atoms with E-state index in [2.05, 4.69) is 129 Å². The van der Waals surface area contributed by atoms with Gasteiger partial charge < -0.3 is 9.88 Å². The van der Waals surface area contributed by atoms with Crippen LogP contribution >= 0.6 is 0 Å². The van der Waals surface area contributed by atoms with E-state index in [4.69, 9.17) is 0 Å². The summed E-state index contributed by atoms with van der Waals surface area (Å²) in [5.41, 5.74) is 9.32. The molecule has 1 aromatic heterocycles. The summed E-state index contributed by atoms with van der Waals surface area (Å²) in [7, 11) is 0. The molecule has 1 aliphatic carbocycles. The average Bonchev–Trinajstić information content (AvgIpc) is 3.16. The van der Waals surface area contributed by atoms with Crippen molar-refractivity contribution < 1.29 is 0 Å². The number of hydrogen-bond acceptors (Lipinski definition) is 1. The van der Waals surface area contributed by atoms with Gasteiger partial charge in [-0.25, -0.2) is 0 Å². The molecular formula is C32H32N2. The first kappa shape index (κ1) is 21.0. The number of rotatable bonds is 3. The average molecular weight is 445 g/mol. The lowest BCUT2D eigenvalue weighted by Gasteiger charge is -2.42. The molecule has 4 aromatic carbocycles. The fourth-order valence-electron chi connectivity index (χ4n) is 5.74. The van der Waals surface area contributed by atoms with Crippen molar-refractivity contribution in [1.82, 2.24) is 4.57 Å². The van der Waals surface area contributed by atoms with E-state index in [1.807, 2.05) is 0 Å². The van der Waals surface area contributed by atoms with Crippen molar-refractivity contribution in [3.05, 3.63) is 102 Å². The van der Waals surface area contributed by atoms with Crippen molar-refractivity contribution in [1.29, 1.82) is 0 Å². The lowest BCUT2D eigenvalue weighted by molar-refractivity contribution is 0.332. The Kier molecular flexibility index (Phi) is 4.64. The number of benzene rings is 4. The molecule has 0 fully saturated rings. The minimum atomic E-state index is 0.201. The van der Waals surface area contributed by atoms with Gasteiger partial charge in [0.05, 0.1) is 11.0 Å². The van der Waals surface area contributed by atoms with Crippen molar-refractivity contribution in [3.8, 4) is 5.69 Å². The molecule has 0 aliphatic heterocycles. The Labute approximate surface area is 202 Å². The molecule has 34 heavy (non-hydrogen) atoms. The van der Waals surface area contributed by atoms with Gasteiger partial charge in [-0.1, -0.05) is 76.2 Å². The Hall–Kier alpha value is -3.52. The fourth-order valence-corrected chi connectivity index (χ4v) is 5.74. The Morgan fingerprint density at radius 3 is 2.00 bits per heavy atom. The zero-order valence-electron chi connectivity index (χ0n) is 20.5. The molecule has 2 nitrogen and oxygen atoms in total. The Balaban J connectivity index is 1.47. The molecule has 5 aromatic rings. The van der Waals surface area contributed by atoms with E-state index in [1.165, 1.54) is 51.5 Å². The number of hydrogen-bond donors (Lipinski definition) is 1. The largest absolute Gasteiger partial charge is 0.355 e. The van der Waals surface area contributed by atoms with Gasteiger partial charge in [0.25, 0.3) is 0 Å². The van der Waals surface area contributed by atoms with Crippen LogP contribution in [0.25, 0.3) is 27.5 Å². The SMILES string of the molecule is CC1(C)CCC(C)(C)c2cc(Nc3ccc4c5ccccc5n(-c5ccccc5)c4c3)ccc21. The van der Waals surface area contributed by atoms with Crippen LogP contribution in [0.1, 0.15) is 51.7 Å². The molecule has 0 atom stereocenters.